The van der Waals surface area contributed by atoms with E-state index in [4.69, 9.17) is 10.5 Å². The predicted molar refractivity (Wildman–Crippen MR) is 87.4 cm³/mol. The van der Waals surface area contributed by atoms with Gasteiger partial charge in [-0.2, -0.15) is 4.31 Å². The van der Waals surface area contributed by atoms with Crippen molar-refractivity contribution < 1.29 is 18.1 Å². The van der Waals surface area contributed by atoms with E-state index in [0.717, 1.165) is 6.07 Å². The second kappa shape index (κ2) is 7.91. The molecule has 0 atom stereocenters. The van der Waals surface area contributed by atoms with Gasteiger partial charge in [0, 0.05) is 19.2 Å². The van der Waals surface area contributed by atoms with E-state index in [0.29, 0.717) is 38.4 Å². The standard InChI is InChI=1S/C13H19N3O5S.ClH/c1-21-13-3-2-11(8-12(13)16(17)18)22(19,20)15-6-4-10(9-14)5-7-15;/h2-3,8,10H,4-7,9,14H2,1H3;1H. The molecule has 10 heteroatoms. The molecule has 0 saturated carbocycles. The number of nitro benzene ring substituents is 1. The van der Waals surface area contributed by atoms with Gasteiger partial charge in [-0.3, -0.25) is 10.1 Å². The number of nitro groups is 1. The van der Waals surface area contributed by atoms with Gasteiger partial charge in [0.25, 0.3) is 0 Å². The van der Waals surface area contributed by atoms with Crippen LogP contribution in [0.3, 0.4) is 0 Å². The molecule has 0 radical (unpaired) electrons. The molecule has 0 bridgehead atoms. The maximum absolute atomic E-state index is 12.6. The van der Waals surface area contributed by atoms with E-state index in [-0.39, 0.29) is 28.7 Å². The Morgan fingerprint density at radius 3 is 2.48 bits per heavy atom. The van der Waals surface area contributed by atoms with Crippen LogP contribution >= 0.6 is 12.4 Å². The largest absolute Gasteiger partial charge is 0.490 e. The highest BCUT2D eigenvalue weighted by Gasteiger charge is 2.30. The zero-order valence-corrected chi connectivity index (χ0v) is 14.3. The Bertz CT molecular complexity index is 660. The van der Waals surface area contributed by atoms with Crippen molar-refractivity contribution in [3.8, 4) is 5.75 Å². The van der Waals surface area contributed by atoms with Crippen molar-refractivity contribution in [1.29, 1.82) is 0 Å². The van der Waals surface area contributed by atoms with Gasteiger partial charge in [0.15, 0.2) is 5.75 Å². The van der Waals surface area contributed by atoms with Crippen LogP contribution in [-0.4, -0.2) is 44.4 Å². The highest BCUT2D eigenvalue weighted by molar-refractivity contribution is 7.89. The first kappa shape index (κ1) is 19.6. The summed E-state index contributed by atoms with van der Waals surface area (Å²) in [6.45, 7) is 1.30. The molecule has 0 spiro atoms. The first-order valence-corrected chi connectivity index (χ1v) is 8.36. The third kappa shape index (κ3) is 4.11. The van der Waals surface area contributed by atoms with Crippen LogP contribution in [0.4, 0.5) is 5.69 Å². The number of piperidine rings is 1. The van der Waals surface area contributed by atoms with Crippen molar-refractivity contribution in [1.82, 2.24) is 4.31 Å². The summed E-state index contributed by atoms with van der Waals surface area (Å²) in [6, 6.07) is 3.68. The first-order valence-electron chi connectivity index (χ1n) is 6.92. The quantitative estimate of drug-likeness (QED) is 0.622. The molecule has 1 aliphatic rings. The molecule has 1 aromatic carbocycles. The van der Waals surface area contributed by atoms with Gasteiger partial charge < -0.3 is 10.5 Å². The number of nitrogens with zero attached hydrogens (tertiary/aromatic N) is 2. The molecule has 1 fully saturated rings. The average molecular weight is 366 g/mol. The van der Waals surface area contributed by atoms with Gasteiger partial charge in [-0.1, -0.05) is 0 Å². The van der Waals surface area contributed by atoms with E-state index in [1.807, 2.05) is 0 Å². The van der Waals surface area contributed by atoms with Gasteiger partial charge in [0.05, 0.1) is 16.9 Å². The summed E-state index contributed by atoms with van der Waals surface area (Å²) in [5, 5.41) is 11.0. The highest BCUT2D eigenvalue weighted by Crippen LogP contribution is 2.31. The molecule has 1 saturated heterocycles. The molecule has 0 aliphatic carbocycles. The number of benzene rings is 1. The third-order valence-electron chi connectivity index (χ3n) is 3.89. The van der Waals surface area contributed by atoms with Crippen molar-refractivity contribution in [2.45, 2.75) is 17.7 Å². The number of hydrogen-bond acceptors (Lipinski definition) is 6. The van der Waals surface area contributed by atoms with Crippen LogP contribution in [0, 0.1) is 16.0 Å². The minimum absolute atomic E-state index is 0. The average Bonchev–Trinajstić information content (AvgIpc) is 2.54. The lowest BCUT2D eigenvalue weighted by atomic mass is 9.99. The lowest BCUT2D eigenvalue weighted by Crippen LogP contribution is -2.40. The molecule has 2 rings (SSSR count). The fourth-order valence-electron chi connectivity index (χ4n) is 2.51. The van der Waals surface area contributed by atoms with Gasteiger partial charge in [0.2, 0.25) is 10.0 Å². The van der Waals surface area contributed by atoms with E-state index < -0.39 is 14.9 Å². The zero-order valence-electron chi connectivity index (χ0n) is 12.7. The Labute approximate surface area is 141 Å². The predicted octanol–water partition coefficient (Wildman–Crippen LogP) is 1.38. The van der Waals surface area contributed by atoms with Crippen molar-refractivity contribution >= 4 is 28.1 Å². The van der Waals surface area contributed by atoms with Crippen molar-refractivity contribution in [2.24, 2.45) is 11.7 Å². The molecular weight excluding hydrogens is 346 g/mol. The Hall–Kier alpha value is -1.42. The second-order valence-corrected chi connectivity index (χ2v) is 7.11. The molecule has 23 heavy (non-hydrogen) atoms. The number of ether oxygens (including phenoxy) is 1. The Balaban J connectivity index is 0.00000264. The smallest absolute Gasteiger partial charge is 0.312 e. The van der Waals surface area contributed by atoms with Crippen molar-refractivity contribution in [2.75, 3.05) is 26.7 Å². The Kier molecular flexibility index (Phi) is 6.75. The minimum atomic E-state index is -3.74. The molecule has 1 heterocycles. The lowest BCUT2D eigenvalue weighted by molar-refractivity contribution is -0.386. The Morgan fingerprint density at radius 1 is 1.39 bits per heavy atom. The van der Waals surface area contributed by atoms with Crippen LogP contribution in [0.5, 0.6) is 5.75 Å². The number of halogens is 1. The summed E-state index contributed by atoms with van der Waals surface area (Å²) < 4.78 is 31.4. The maximum Gasteiger partial charge on any atom is 0.312 e. The van der Waals surface area contributed by atoms with Crippen LogP contribution in [0.15, 0.2) is 23.1 Å². The van der Waals surface area contributed by atoms with Crippen LogP contribution in [0.2, 0.25) is 0 Å². The summed E-state index contributed by atoms with van der Waals surface area (Å²) in [5.74, 6) is 0.363. The summed E-state index contributed by atoms with van der Waals surface area (Å²) >= 11 is 0. The number of hydrogen-bond donors (Lipinski definition) is 1. The summed E-state index contributed by atoms with van der Waals surface area (Å²) in [4.78, 5) is 10.3. The molecule has 2 N–H and O–H groups in total. The van der Waals surface area contributed by atoms with Gasteiger partial charge in [0.1, 0.15) is 0 Å². The van der Waals surface area contributed by atoms with Crippen molar-refractivity contribution in [3.05, 3.63) is 28.3 Å². The van der Waals surface area contributed by atoms with E-state index in [1.165, 1.54) is 23.5 Å². The fourth-order valence-corrected chi connectivity index (χ4v) is 4.00. The van der Waals surface area contributed by atoms with Crippen LogP contribution in [-0.2, 0) is 10.0 Å². The SMILES string of the molecule is COc1ccc(S(=O)(=O)N2CCC(CN)CC2)cc1[N+](=O)[O-].Cl. The maximum atomic E-state index is 12.6. The number of rotatable bonds is 5. The highest BCUT2D eigenvalue weighted by atomic mass is 35.5. The Morgan fingerprint density at radius 2 is 2.00 bits per heavy atom. The topological polar surface area (TPSA) is 116 Å². The second-order valence-electron chi connectivity index (χ2n) is 5.17. The van der Waals surface area contributed by atoms with Gasteiger partial charge in [-0.25, -0.2) is 8.42 Å². The summed E-state index contributed by atoms with van der Waals surface area (Å²) in [5.41, 5.74) is 5.24. The third-order valence-corrected chi connectivity index (χ3v) is 5.79. The summed E-state index contributed by atoms with van der Waals surface area (Å²) in [6.07, 6.45) is 1.40. The van der Waals surface area contributed by atoms with E-state index >= 15 is 0 Å². The van der Waals surface area contributed by atoms with E-state index in [9.17, 15) is 18.5 Å². The molecule has 0 aromatic heterocycles. The van der Waals surface area contributed by atoms with Gasteiger partial charge in [-0.15, -0.1) is 12.4 Å². The zero-order chi connectivity index (χ0) is 16.3. The molecule has 8 nitrogen and oxygen atoms in total. The fraction of sp³-hybridized carbons (Fsp3) is 0.538. The molecule has 1 aliphatic heterocycles. The lowest BCUT2D eigenvalue weighted by Gasteiger charge is -2.30. The van der Waals surface area contributed by atoms with E-state index in [1.54, 1.807) is 0 Å². The monoisotopic (exact) mass is 365 g/mol. The van der Waals surface area contributed by atoms with Crippen molar-refractivity contribution in [3.63, 3.8) is 0 Å². The number of sulfonamides is 1. The van der Waals surface area contributed by atoms with Gasteiger partial charge >= 0.3 is 5.69 Å². The van der Waals surface area contributed by atoms with Crippen LogP contribution in [0.1, 0.15) is 12.8 Å². The molecule has 0 amide bonds. The number of methoxy groups -OCH3 is 1. The minimum Gasteiger partial charge on any atom is -0.490 e. The molecule has 130 valence electrons. The van der Waals surface area contributed by atoms with Gasteiger partial charge in [-0.05, 0) is 37.4 Å². The number of nitrogens with two attached hydrogens (primary N) is 1. The molecule has 0 unspecified atom stereocenters. The molecular formula is C13H20ClN3O5S. The normalized spacial score (nSPS) is 16.6. The van der Waals surface area contributed by atoms with E-state index in [2.05, 4.69) is 0 Å². The molecule has 1 aromatic rings. The van der Waals surface area contributed by atoms with Crippen LogP contribution < -0.4 is 10.5 Å². The summed E-state index contributed by atoms with van der Waals surface area (Å²) in [7, 11) is -2.44. The first-order chi connectivity index (χ1) is 10.4. The van der Waals surface area contributed by atoms with Crippen LogP contribution in [0.25, 0.3) is 0 Å².